The molecule has 20 heavy (non-hydrogen) atoms. The van der Waals surface area contributed by atoms with E-state index in [2.05, 4.69) is 4.98 Å². The Kier molecular flexibility index (Phi) is 2.12. The first-order valence-corrected chi connectivity index (χ1v) is 6.15. The van der Waals surface area contributed by atoms with Crippen molar-refractivity contribution in [2.75, 3.05) is 7.11 Å². The normalized spacial score (nSPS) is 11.4. The summed E-state index contributed by atoms with van der Waals surface area (Å²) in [5.74, 6) is 0.696. The standard InChI is InChI=1S/C15H10N2O3/c1-19-9-6-7-17-12(8-9)16-13-10-4-2-3-5-11(10)20-15(18)14(13)17/h2-8H,1H3. The highest BCUT2D eigenvalue weighted by Crippen LogP contribution is 2.24. The van der Waals surface area contributed by atoms with E-state index < -0.39 is 5.63 Å². The number of fused-ring (bicyclic) bond motifs is 5. The number of rotatable bonds is 1. The lowest BCUT2D eigenvalue weighted by Gasteiger charge is -1.99. The molecule has 0 amide bonds. The number of nitrogens with zero attached hydrogens (tertiary/aromatic N) is 2. The van der Waals surface area contributed by atoms with E-state index in [-0.39, 0.29) is 0 Å². The average molecular weight is 266 g/mol. The van der Waals surface area contributed by atoms with E-state index in [1.54, 1.807) is 35.9 Å². The first kappa shape index (κ1) is 11.0. The topological polar surface area (TPSA) is 56.7 Å². The number of pyridine rings is 1. The summed E-state index contributed by atoms with van der Waals surface area (Å²) in [4.78, 5) is 16.7. The fraction of sp³-hybridized carbons (Fsp3) is 0.0667. The number of ether oxygens (including phenoxy) is 1. The molecular weight excluding hydrogens is 256 g/mol. The molecule has 4 rings (SSSR count). The van der Waals surface area contributed by atoms with E-state index >= 15 is 0 Å². The van der Waals surface area contributed by atoms with Crippen molar-refractivity contribution in [2.24, 2.45) is 0 Å². The number of methoxy groups -OCH3 is 1. The Morgan fingerprint density at radius 3 is 2.95 bits per heavy atom. The highest BCUT2D eigenvalue weighted by Gasteiger charge is 2.14. The van der Waals surface area contributed by atoms with E-state index in [4.69, 9.17) is 9.15 Å². The molecule has 4 aromatic rings. The van der Waals surface area contributed by atoms with Gasteiger partial charge >= 0.3 is 5.63 Å². The summed E-state index contributed by atoms with van der Waals surface area (Å²) in [5.41, 5.74) is 1.89. The zero-order valence-corrected chi connectivity index (χ0v) is 10.7. The van der Waals surface area contributed by atoms with Crippen LogP contribution in [0.3, 0.4) is 0 Å². The maximum absolute atomic E-state index is 12.2. The van der Waals surface area contributed by atoms with E-state index in [1.165, 1.54) is 0 Å². The summed E-state index contributed by atoms with van der Waals surface area (Å²) < 4.78 is 12.2. The zero-order valence-electron chi connectivity index (χ0n) is 10.7. The molecule has 0 fully saturated rings. The maximum Gasteiger partial charge on any atom is 0.363 e. The highest BCUT2D eigenvalue weighted by molar-refractivity contribution is 6.02. The summed E-state index contributed by atoms with van der Waals surface area (Å²) in [6, 6.07) is 10.9. The molecule has 0 saturated heterocycles. The third kappa shape index (κ3) is 1.37. The molecule has 0 spiro atoms. The molecular formula is C15H10N2O3. The van der Waals surface area contributed by atoms with Crippen LogP contribution in [0.15, 0.2) is 51.8 Å². The van der Waals surface area contributed by atoms with Crippen molar-refractivity contribution in [1.29, 1.82) is 0 Å². The maximum atomic E-state index is 12.2. The summed E-state index contributed by atoms with van der Waals surface area (Å²) in [6.07, 6.45) is 1.76. The third-order valence-electron chi connectivity index (χ3n) is 3.37. The molecule has 3 aromatic heterocycles. The van der Waals surface area contributed by atoms with Crippen molar-refractivity contribution >= 4 is 27.6 Å². The number of para-hydroxylation sites is 1. The molecule has 5 nitrogen and oxygen atoms in total. The lowest BCUT2D eigenvalue weighted by Crippen LogP contribution is -2.02. The average Bonchev–Trinajstić information content (AvgIpc) is 2.86. The predicted molar refractivity (Wildman–Crippen MR) is 75.3 cm³/mol. The molecule has 0 aliphatic carbocycles. The Balaban J connectivity index is 2.28. The second kappa shape index (κ2) is 3.84. The van der Waals surface area contributed by atoms with Crippen molar-refractivity contribution in [3.63, 3.8) is 0 Å². The van der Waals surface area contributed by atoms with Crippen LogP contribution >= 0.6 is 0 Å². The predicted octanol–water partition coefficient (Wildman–Crippen LogP) is 2.60. The minimum Gasteiger partial charge on any atom is -0.497 e. The van der Waals surface area contributed by atoms with Crippen LogP contribution in [0, 0.1) is 0 Å². The smallest absolute Gasteiger partial charge is 0.363 e. The molecule has 98 valence electrons. The number of aromatic nitrogens is 2. The highest BCUT2D eigenvalue weighted by atomic mass is 16.5. The Morgan fingerprint density at radius 1 is 1.25 bits per heavy atom. The minimum atomic E-state index is -0.392. The summed E-state index contributed by atoms with van der Waals surface area (Å²) >= 11 is 0. The lowest BCUT2D eigenvalue weighted by atomic mass is 10.2. The van der Waals surface area contributed by atoms with Gasteiger partial charge in [-0.1, -0.05) is 12.1 Å². The van der Waals surface area contributed by atoms with Gasteiger partial charge in [0.1, 0.15) is 22.5 Å². The van der Waals surface area contributed by atoms with Crippen molar-refractivity contribution in [3.05, 3.63) is 53.0 Å². The van der Waals surface area contributed by atoms with Gasteiger partial charge in [0, 0.05) is 17.6 Å². The molecule has 0 radical (unpaired) electrons. The fourth-order valence-corrected chi connectivity index (χ4v) is 2.44. The molecule has 0 aliphatic rings. The van der Waals surface area contributed by atoms with Crippen LogP contribution in [-0.4, -0.2) is 16.5 Å². The Hall–Kier alpha value is -2.82. The Bertz CT molecular complexity index is 1010. The molecule has 3 heterocycles. The molecule has 1 aromatic carbocycles. The van der Waals surface area contributed by atoms with Crippen molar-refractivity contribution in [3.8, 4) is 5.75 Å². The second-order valence-electron chi connectivity index (χ2n) is 4.49. The second-order valence-corrected chi connectivity index (χ2v) is 4.49. The van der Waals surface area contributed by atoms with Gasteiger partial charge in [0.05, 0.1) is 7.11 Å². The molecule has 0 unspecified atom stereocenters. The molecule has 0 aliphatic heterocycles. The lowest BCUT2D eigenvalue weighted by molar-refractivity contribution is 0.414. The minimum absolute atomic E-state index is 0.392. The van der Waals surface area contributed by atoms with Crippen molar-refractivity contribution in [2.45, 2.75) is 0 Å². The van der Waals surface area contributed by atoms with Gasteiger partial charge in [-0.25, -0.2) is 9.78 Å². The van der Waals surface area contributed by atoms with Crippen LogP contribution in [0.1, 0.15) is 0 Å². The molecule has 0 bridgehead atoms. The van der Waals surface area contributed by atoms with Crippen LogP contribution in [0.5, 0.6) is 5.75 Å². The van der Waals surface area contributed by atoms with Crippen molar-refractivity contribution in [1.82, 2.24) is 9.38 Å². The van der Waals surface area contributed by atoms with Gasteiger partial charge in [-0.2, -0.15) is 0 Å². The summed E-state index contributed by atoms with van der Waals surface area (Å²) in [7, 11) is 1.60. The summed E-state index contributed by atoms with van der Waals surface area (Å²) in [6.45, 7) is 0. The van der Waals surface area contributed by atoms with Gasteiger partial charge in [0.2, 0.25) is 0 Å². The fourth-order valence-electron chi connectivity index (χ4n) is 2.44. The monoisotopic (exact) mass is 266 g/mol. The van der Waals surface area contributed by atoms with Gasteiger partial charge in [-0.15, -0.1) is 0 Å². The van der Waals surface area contributed by atoms with Gasteiger partial charge in [0.15, 0.2) is 5.52 Å². The largest absolute Gasteiger partial charge is 0.497 e. The van der Waals surface area contributed by atoms with Crippen LogP contribution in [0.4, 0.5) is 0 Å². The third-order valence-corrected chi connectivity index (χ3v) is 3.37. The van der Waals surface area contributed by atoms with E-state index in [0.29, 0.717) is 28.0 Å². The molecule has 5 heteroatoms. The molecule has 0 saturated carbocycles. The van der Waals surface area contributed by atoms with E-state index in [1.807, 2.05) is 18.2 Å². The Morgan fingerprint density at radius 2 is 2.10 bits per heavy atom. The van der Waals surface area contributed by atoms with Gasteiger partial charge < -0.3 is 9.15 Å². The van der Waals surface area contributed by atoms with E-state index in [0.717, 1.165) is 5.39 Å². The zero-order chi connectivity index (χ0) is 13.7. The quantitative estimate of drug-likeness (QED) is 0.497. The number of imidazole rings is 1. The van der Waals surface area contributed by atoms with Gasteiger partial charge in [-0.05, 0) is 18.2 Å². The van der Waals surface area contributed by atoms with Crippen LogP contribution in [0.2, 0.25) is 0 Å². The van der Waals surface area contributed by atoms with E-state index in [9.17, 15) is 4.79 Å². The Labute approximate surface area is 113 Å². The number of hydrogen-bond donors (Lipinski definition) is 0. The molecule has 0 N–H and O–H groups in total. The first-order valence-electron chi connectivity index (χ1n) is 6.15. The summed E-state index contributed by atoms with van der Waals surface area (Å²) in [5, 5.41) is 0.824. The number of hydrogen-bond acceptors (Lipinski definition) is 4. The van der Waals surface area contributed by atoms with Crippen LogP contribution in [0.25, 0.3) is 27.6 Å². The number of benzene rings is 1. The van der Waals surface area contributed by atoms with Crippen molar-refractivity contribution < 1.29 is 9.15 Å². The van der Waals surface area contributed by atoms with Crippen LogP contribution < -0.4 is 10.4 Å². The van der Waals surface area contributed by atoms with Crippen LogP contribution in [-0.2, 0) is 0 Å². The molecule has 0 atom stereocenters. The SMILES string of the molecule is COc1ccn2c(c1)nc1c3ccccc3oc(=O)c12. The van der Waals surface area contributed by atoms with Gasteiger partial charge in [-0.3, -0.25) is 4.40 Å². The first-order chi connectivity index (χ1) is 9.78. The van der Waals surface area contributed by atoms with Gasteiger partial charge in [0.25, 0.3) is 0 Å².